The lowest BCUT2D eigenvalue weighted by Crippen LogP contribution is -2.25. The highest BCUT2D eigenvalue weighted by atomic mass is 16.7. The van der Waals surface area contributed by atoms with Gasteiger partial charge in [0.1, 0.15) is 0 Å². The summed E-state index contributed by atoms with van der Waals surface area (Å²) in [7, 11) is 2.02. The molecule has 0 spiro atoms. The Bertz CT molecular complexity index is 411. The topological polar surface area (TPSA) is 30.5 Å². The molecule has 1 heterocycles. The smallest absolute Gasteiger partial charge is 0.159 e. The molecule has 0 aromatic heterocycles. The maximum Gasteiger partial charge on any atom is 0.159 e. The minimum absolute atomic E-state index is 0.0492. The van der Waals surface area contributed by atoms with E-state index in [-0.39, 0.29) is 6.29 Å². The molecule has 0 amide bonds. The van der Waals surface area contributed by atoms with Crippen LogP contribution in [-0.4, -0.2) is 26.6 Å². The number of hydrogen-bond acceptors (Lipinski definition) is 3. The molecule has 1 saturated heterocycles. The summed E-state index contributed by atoms with van der Waals surface area (Å²) in [5.41, 5.74) is 2.94. The molecule has 0 bridgehead atoms. The Morgan fingerprint density at radius 2 is 1.95 bits per heavy atom. The molecule has 1 N–H and O–H groups in total. The molecule has 1 saturated carbocycles. The van der Waals surface area contributed by atoms with E-state index < -0.39 is 0 Å². The molecule has 2 fully saturated rings. The highest BCUT2D eigenvalue weighted by Crippen LogP contribution is 2.40. The van der Waals surface area contributed by atoms with Gasteiger partial charge in [0.05, 0.1) is 13.2 Å². The van der Waals surface area contributed by atoms with Crippen molar-refractivity contribution in [3.63, 3.8) is 0 Å². The molecule has 3 nitrogen and oxygen atoms in total. The zero-order chi connectivity index (χ0) is 13.1. The summed E-state index contributed by atoms with van der Waals surface area (Å²) in [6.45, 7) is 1.46. The van der Waals surface area contributed by atoms with E-state index in [9.17, 15) is 0 Å². The second kappa shape index (κ2) is 6.04. The summed E-state index contributed by atoms with van der Waals surface area (Å²) in [5.74, 6) is 0.762. The van der Waals surface area contributed by atoms with Crippen molar-refractivity contribution < 1.29 is 9.47 Å². The van der Waals surface area contributed by atoms with Gasteiger partial charge in [0.25, 0.3) is 0 Å². The van der Waals surface area contributed by atoms with Gasteiger partial charge in [0.2, 0.25) is 0 Å². The van der Waals surface area contributed by atoms with Crippen LogP contribution < -0.4 is 5.32 Å². The number of rotatable bonds is 5. The van der Waals surface area contributed by atoms with Gasteiger partial charge in [-0.05, 0) is 36.9 Å². The van der Waals surface area contributed by atoms with Crippen molar-refractivity contribution in [2.75, 3.05) is 20.3 Å². The van der Waals surface area contributed by atoms with Gasteiger partial charge in [-0.25, -0.2) is 0 Å². The standard InChI is InChI=1S/C16H23NO2/c1-17-15(11-16-18-9-10-19-16)14-8-3-2-7-13(14)12-5-4-6-12/h2-3,7-8,12,15-17H,4-6,9-11H2,1H3. The van der Waals surface area contributed by atoms with Crippen LogP contribution in [0.25, 0.3) is 0 Å². The second-order valence-electron chi connectivity index (χ2n) is 5.50. The molecule has 2 aliphatic rings. The van der Waals surface area contributed by atoms with Gasteiger partial charge in [0, 0.05) is 12.5 Å². The molecule has 104 valence electrons. The van der Waals surface area contributed by atoms with Crippen LogP contribution in [0.2, 0.25) is 0 Å². The summed E-state index contributed by atoms with van der Waals surface area (Å²) in [5, 5.41) is 3.43. The minimum Gasteiger partial charge on any atom is -0.350 e. The number of benzene rings is 1. The first-order valence-electron chi connectivity index (χ1n) is 7.38. The molecule has 1 unspecified atom stereocenters. The van der Waals surface area contributed by atoms with Crippen molar-refractivity contribution in [2.24, 2.45) is 0 Å². The van der Waals surface area contributed by atoms with Crippen molar-refractivity contribution in [1.82, 2.24) is 5.32 Å². The molecular formula is C16H23NO2. The molecular weight excluding hydrogens is 238 g/mol. The molecule has 19 heavy (non-hydrogen) atoms. The highest BCUT2D eigenvalue weighted by molar-refractivity contribution is 5.34. The van der Waals surface area contributed by atoms with Crippen LogP contribution in [0, 0.1) is 0 Å². The van der Waals surface area contributed by atoms with Crippen LogP contribution in [0.3, 0.4) is 0 Å². The Labute approximate surface area is 115 Å². The van der Waals surface area contributed by atoms with Crippen LogP contribution in [0.15, 0.2) is 24.3 Å². The van der Waals surface area contributed by atoms with Gasteiger partial charge >= 0.3 is 0 Å². The summed E-state index contributed by atoms with van der Waals surface area (Å²) in [4.78, 5) is 0. The first-order valence-corrected chi connectivity index (χ1v) is 7.38. The highest BCUT2D eigenvalue weighted by Gasteiger charge is 2.27. The third kappa shape index (κ3) is 2.83. The van der Waals surface area contributed by atoms with E-state index in [1.165, 1.54) is 30.4 Å². The molecule has 1 aliphatic heterocycles. The van der Waals surface area contributed by atoms with E-state index in [4.69, 9.17) is 9.47 Å². The van der Waals surface area contributed by atoms with Gasteiger partial charge in [-0.3, -0.25) is 0 Å². The summed E-state index contributed by atoms with van der Waals surface area (Å²) < 4.78 is 11.2. The Morgan fingerprint density at radius 1 is 1.21 bits per heavy atom. The van der Waals surface area contributed by atoms with Crippen molar-refractivity contribution in [3.8, 4) is 0 Å². The second-order valence-corrected chi connectivity index (χ2v) is 5.50. The van der Waals surface area contributed by atoms with Crippen molar-refractivity contribution in [1.29, 1.82) is 0 Å². The number of ether oxygens (including phenoxy) is 2. The van der Waals surface area contributed by atoms with Gasteiger partial charge in [-0.15, -0.1) is 0 Å². The van der Waals surface area contributed by atoms with Gasteiger partial charge in [-0.2, -0.15) is 0 Å². The largest absolute Gasteiger partial charge is 0.350 e. The van der Waals surface area contributed by atoms with Crippen LogP contribution >= 0.6 is 0 Å². The number of hydrogen-bond donors (Lipinski definition) is 1. The summed E-state index contributed by atoms with van der Waals surface area (Å²) in [6, 6.07) is 9.16. The predicted octanol–water partition coefficient (Wildman–Crippen LogP) is 2.98. The van der Waals surface area contributed by atoms with E-state index in [2.05, 4.69) is 29.6 Å². The Morgan fingerprint density at radius 3 is 2.58 bits per heavy atom. The zero-order valence-electron chi connectivity index (χ0n) is 11.6. The SMILES string of the molecule is CNC(CC1OCCO1)c1ccccc1C1CCC1. The van der Waals surface area contributed by atoms with Crippen LogP contribution in [0.1, 0.15) is 48.8 Å². The monoisotopic (exact) mass is 261 g/mol. The predicted molar refractivity (Wildman–Crippen MR) is 75.1 cm³/mol. The van der Waals surface area contributed by atoms with E-state index in [0.717, 1.165) is 25.6 Å². The lowest BCUT2D eigenvalue weighted by atomic mass is 9.77. The maximum absolute atomic E-state index is 5.59. The van der Waals surface area contributed by atoms with Gasteiger partial charge < -0.3 is 14.8 Å². The molecule has 3 heteroatoms. The van der Waals surface area contributed by atoms with Crippen LogP contribution in [-0.2, 0) is 9.47 Å². The van der Waals surface area contributed by atoms with E-state index in [0.29, 0.717) is 6.04 Å². The fourth-order valence-electron chi connectivity index (χ4n) is 3.06. The number of nitrogens with one attached hydrogen (secondary N) is 1. The molecule has 1 atom stereocenters. The summed E-state index contributed by atoms with van der Waals surface area (Å²) in [6.07, 6.45) is 4.89. The molecule has 0 radical (unpaired) electrons. The molecule has 1 aromatic rings. The third-order valence-corrected chi connectivity index (χ3v) is 4.38. The minimum atomic E-state index is -0.0492. The fourth-order valence-corrected chi connectivity index (χ4v) is 3.06. The summed E-state index contributed by atoms with van der Waals surface area (Å²) >= 11 is 0. The van der Waals surface area contributed by atoms with Gasteiger partial charge in [-0.1, -0.05) is 30.7 Å². The van der Waals surface area contributed by atoms with Crippen molar-refractivity contribution in [3.05, 3.63) is 35.4 Å². The van der Waals surface area contributed by atoms with Crippen LogP contribution in [0.4, 0.5) is 0 Å². The van der Waals surface area contributed by atoms with E-state index >= 15 is 0 Å². The average Bonchev–Trinajstić information content (AvgIpc) is 2.88. The Balaban J connectivity index is 1.77. The zero-order valence-corrected chi connectivity index (χ0v) is 11.6. The fraction of sp³-hybridized carbons (Fsp3) is 0.625. The van der Waals surface area contributed by atoms with E-state index in [1.807, 2.05) is 7.05 Å². The van der Waals surface area contributed by atoms with Crippen molar-refractivity contribution in [2.45, 2.75) is 43.9 Å². The Hall–Kier alpha value is -0.900. The van der Waals surface area contributed by atoms with E-state index in [1.54, 1.807) is 0 Å². The maximum atomic E-state index is 5.59. The van der Waals surface area contributed by atoms with Crippen molar-refractivity contribution >= 4 is 0 Å². The average molecular weight is 261 g/mol. The molecule has 3 rings (SSSR count). The Kier molecular flexibility index (Phi) is 4.16. The lowest BCUT2D eigenvalue weighted by Gasteiger charge is -2.31. The normalized spacial score (nSPS) is 22.4. The third-order valence-electron chi connectivity index (χ3n) is 4.38. The first-order chi connectivity index (χ1) is 9.38. The van der Waals surface area contributed by atoms with Gasteiger partial charge in [0.15, 0.2) is 6.29 Å². The molecule has 1 aliphatic carbocycles. The molecule has 1 aromatic carbocycles. The lowest BCUT2D eigenvalue weighted by molar-refractivity contribution is -0.0526. The van der Waals surface area contributed by atoms with Crippen LogP contribution in [0.5, 0.6) is 0 Å². The quantitative estimate of drug-likeness (QED) is 0.884. The first kappa shape index (κ1) is 13.1.